The summed E-state index contributed by atoms with van der Waals surface area (Å²) in [6.07, 6.45) is -1.51. The Morgan fingerprint density at radius 1 is 1.36 bits per heavy atom. The van der Waals surface area contributed by atoms with Crippen LogP contribution in [0.1, 0.15) is 6.42 Å². The van der Waals surface area contributed by atoms with Gasteiger partial charge in [-0.1, -0.05) is 0 Å². The van der Waals surface area contributed by atoms with Crippen LogP contribution >= 0.6 is 0 Å². The van der Waals surface area contributed by atoms with Gasteiger partial charge in [-0.3, -0.25) is 14.4 Å². The van der Waals surface area contributed by atoms with Gasteiger partial charge < -0.3 is 10.6 Å². The third kappa shape index (κ3) is 4.95. The van der Waals surface area contributed by atoms with Gasteiger partial charge in [0.1, 0.15) is 18.7 Å². The van der Waals surface area contributed by atoms with Crippen LogP contribution in [-0.4, -0.2) is 70.5 Å². The lowest BCUT2D eigenvalue weighted by Crippen LogP contribution is -2.57. The highest BCUT2D eigenvalue weighted by Crippen LogP contribution is 2.24. The van der Waals surface area contributed by atoms with Crippen molar-refractivity contribution in [1.82, 2.24) is 30.3 Å². The lowest BCUT2D eigenvalue weighted by atomic mass is 10.2. The fourth-order valence-corrected chi connectivity index (χ4v) is 2.31. The zero-order chi connectivity index (χ0) is 16.0. The van der Waals surface area contributed by atoms with Gasteiger partial charge in [0, 0.05) is 39.1 Å². The number of nitrogens with one attached hydrogen (secondary N) is 2. The van der Waals surface area contributed by atoms with Gasteiger partial charge in [-0.15, -0.1) is 0 Å². The first-order valence-corrected chi connectivity index (χ1v) is 7.07. The van der Waals surface area contributed by atoms with Gasteiger partial charge in [0.25, 0.3) is 0 Å². The molecule has 1 aromatic rings. The largest absolute Gasteiger partial charge is 0.405 e. The van der Waals surface area contributed by atoms with Crippen molar-refractivity contribution in [3.05, 3.63) is 12.7 Å². The van der Waals surface area contributed by atoms with E-state index in [1.807, 2.05) is 0 Å². The second kappa shape index (κ2) is 7.54. The number of aryl methyl sites for hydroxylation is 1. The number of hydrogen-bond acceptors (Lipinski definition) is 5. The maximum Gasteiger partial charge on any atom is 0.405 e. The van der Waals surface area contributed by atoms with Crippen molar-refractivity contribution >= 4 is 5.91 Å². The van der Waals surface area contributed by atoms with Crippen LogP contribution in [-0.2, 0) is 11.3 Å². The molecule has 0 bridgehead atoms. The second-order valence-electron chi connectivity index (χ2n) is 5.06. The zero-order valence-electron chi connectivity index (χ0n) is 12.0. The normalized spacial score (nSPS) is 18.1. The van der Waals surface area contributed by atoms with Crippen molar-refractivity contribution in [3.8, 4) is 0 Å². The lowest BCUT2D eigenvalue weighted by Gasteiger charge is -2.35. The van der Waals surface area contributed by atoms with Crippen LogP contribution in [0, 0.1) is 0 Å². The van der Waals surface area contributed by atoms with Crippen molar-refractivity contribution in [2.75, 3.05) is 32.7 Å². The summed E-state index contributed by atoms with van der Waals surface area (Å²) in [7, 11) is 0. The standard InChI is InChI=1S/C12H19F3N6O/c13-12(14,15)10(20-5-2-16-3-6-20)7-18-11(22)1-4-21-9-17-8-19-21/h8-10,16H,1-7H2,(H,18,22). The molecule has 0 spiro atoms. The molecular weight excluding hydrogens is 301 g/mol. The van der Waals surface area contributed by atoms with Crippen LogP contribution in [0.3, 0.4) is 0 Å². The number of carbonyl (C=O) groups excluding carboxylic acids is 1. The minimum absolute atomic E-state index is 0.0650. The number of carbonyl (C=O) groups is 1. The summed E-state index contributed by atoms with van der Waals surface area (Å²) in [5.41, 5.74) is 0. The van der Waals surface area contributed by atoms with E-state index < -0.39 is 24.7 Å². The topological polar surface area (TPSA) is 75.1 Å². The molecule has 1 amide bonds. The second-order valence-corrected chi connectivity index (χ2v) is 5.06. The van der Waals surface area contributed by atoms with Crippen LogP contribution in [0.2, 0.25) is 0 Å². The number of hydrogen-bond donors (Lipinski definition) is 2. The SMILES string of the molecule is O=C(CCn1cncn1)NCC(N1CCNCC1)C(F)(F)F. The van der Waals surface area contributed by atoms with E-state index in [4.69, 9.17) is 0 Å². The van der Waals surface area contributed by atoms with E-state index >= 15 is 0 Å². The van der Waals surface area contributed by atoms with Gasteiger partial charge in [0.05, 0.1) is 6.54 Å². The molecule has 1 aliphatic heterocycles. The summed E-state index contributed by atoms with van der Waals surface area (Å²) in [4.78, 5) is 16.8. The van der Waals surface area contributed by atoms with Gasteiger partial charge >= 0.3 is 6.18 Å². The number of rotatable bonds is 6. The summed E-state index contributed by atoms with van der Waals surface area (Å²) < 4.78 is 40.8. The predicted octanol–water partition coefficient (Wildman–Crippen LogP) is -0.379. The monoisotopic (exact) mass is 320 g/mol. The van der Waals surface area contributed by atoms with Crippen molar-refractivity contribution < 1.29 is 18.0 Å². The molecule has 0 aromatic carbocycles. The molecule has 124 valence electrons. The van der Waals surface area contributed by atoms with E-state index in [0.29, 0.717) is 26.2 Å². The molecule has 10 heteroatoms. The van der Waals surface area contributed by atoms with E-state index in [1.54, 1.807) is 0 Å². The van der Waals surface area contributed by atoms with Crippen molar-refractivity contribution in [1.29, 1.82) is 0 Å². The number of amides is 1. The summed E-state index contributed by atoms with van der Waals surface area (Å²) in [6, 6.07) is -1.65. The number of halogens is 3. The molecule has 1 unspecified atom stereocenters. The van der Waals surface area contributed by atoms with Crippen LogP contribution in [0.15, 0.2) is 12.7 Å². The Bertz CT molecular complexity index is 458. The molecule has 7 nitrogen and oxygen atoms in total. The van der Waals surface area contributed by atoms with Gasteiger partial charge in [0.15, 0.2) is 0 Å². The lowest BCUT2D eigenvalue weighted by molar-refractivity contribution is -0.184. The molecule has 0 radical (unpaired) electrons. The molecule has 1 saturated heterocycles. The fourth-order valence-electron chi connectivity index (χ4n) is 2.31. The molecule has 2 N–H and O–H groups in total. The minimum atomic E-state index is -4.36. The average molecular weight is 320 g/mol. The highest BCUT2D eigenvalue weighted by atomic mass is 19.4. The summed E-state index contributed by atoms with van der Waals surface area (Å²) in [5.74, 6) is -0.431. The predicted molar refractivity (Wildman–Crippen MR) is 71.9 cm³/mol. The van der Waals surface area contributed by atoms with E-state index in [2.05, 4.69) is 20.7 Å². The molecule has 1 fully saturated rings. The molecular formula is C12H19F3N6O. The van der Waals surface area contributed by atoms with E-state index in [-0.39, 0.29) is 13.0 Å². The first-order chi connectivity index (χ1) is 10.5. The Kier molecular flexibility index (Phi) is 5.72. The zero-order valence-corrected chi connectivity index (χ0v) is 12.0. The van der Waals surface area contributed by atoms with Crippen LogP contribution in [0.5, 0.6) is 0 Å². The van der Waals surface area contributed by atoms with Gasteiger partial charge in [-0.05, 0) is 0 Å². The first-order valence-electron chi connectivity index (χ1n) is 7.07. The number of alkyl halides is 3. The molecule has 1 atom stereocenters. The van der Waals surface area contributed by atoms with Crippen LogP contribution < -0.4 is 10.6 Å². The fraction of sp³-hybridized carbons (Fsp3) is 0.750. The Hall–Kier alpha value is -1.68. The molecule has 22 heavy (non-hydrogen) atoms. The van der Waals surface area contributed by atoms with Crippen LogP contribution in [0.25, 0.3) is 0 Å². The number of aromatic nitrogens is 3. The molecule has 1 aliphatic rings. The van der Waals surface area contributed by atoms with E-state index in [1.165, 1.54) is 22.2 Å². The molecule has 1 aromatic heterocycles. The van der Waals surface area contributed by atoms with E-state index in [9.17, 15) is 18.0 Å². The van der Waals surface area contributed by atoms with Crippen molar-refractivity contribution in [2.24, 2.45) is 0 Å². The maximum atomic E-state index is 13.1. The Balaban J connectivity index is 1.81. The average Bonchev–Trinajstić information content (AvgIpc) is 2.98. The minimum Gasteiger partial charge on any atom is -0.354 e. The molecule has 0 saturated carbocycles. The van der Waals surface area contributed by atoms with E-state index in [0.717, 1.165) is 0 Å². The summed E-state index contributed by atoms with van der Waals surface area (Å²) >= 11 is 0. The number of piperazine rings is 1. The van der Waals surface area contributed by atoms with Gasteiger partial charge in [-0.2, -0.15) is 18.3 Å². The molecule has 2 rings (SSSR count). The van der Waals surface area contributed by atoms with Gasteiger partial charge in [-0.25, -0.2) is 4.98 Å². The number of nitrogens with zero attached hydrogens (tertiary/aromatic N) is 4. The molecule has 2 heterocycles. The van der Waals surface area contributed by atoms with Gasteiger partial charge in [0.2, 0.25) is 5.91 Å². The van der Waals surface area contributed by atoms with Crippen molar-refractivity contribution in [2.45, 2.75) is 25.2 Å². The Morgan fingerprint density at radius 3 is 2.68 bits per heavy atom. The third-order valence-electron chi connectivity index (χ3n) is 3.50. The third-order valence-corrected chi connectivity index (χ3v) is 3.50. The Morgan fingerprint density at radius 2 is 2.09 bits per heavy atom. The highest BCUT2D eigenvalue weighted by Gasteiger charge is 2.43. The molecule has 0 aliphatic carbocycles. The summed E-state index contributed by atoms with van der Waals surface area (Å²) in [6.45, 7) is 1.54. The smallest absolute Gasteiger partial charge is 0.354 e. The Labute approximate surface area is 125 Å². The van der Waals surface area contributed by atoms with Crippen LogP contribution in [0.4, 0.5) is 13.2 Å². The first kappa shape index (κ1) is 16.7. The quantitative estimate of drug-likeness (QED) is 0.747. The summed E-state index contributed by atoms with van der Waals surface area (Å²) in [5, 5.41) is 9.20. The highest BCUT2D eigenvalue weighted by molar-refractivity contribution is 5.75. The van der Waals surface area contributed by atoms with Crippen molar-refractivity contribution in [3.63, 3.8) is 0 Å². The maximum absolute atomic E-state index is 13.1.